The summed E-state index contributed by atoms with van der Waals surface area (Å²) >= 11 is 0. The van der Waals surface area contributed by atoms with Crippen molar-refractivity contribution in [1.29, 1.82) is 0 Å². The SMILES string of the molecule is COc1nnc(CC2=C(C)C(=O)c3ccccc3C2=O)cc1C. The van der Waals surface area contributed by atoms with Gasteiger partial charge in [-0.1, -0.05) is 24.3 Å². The van der Waals surface area contributed by atoms with E-state index in [1.54, 1.807) is 31.2 Å². The van der Waals surface area contributed by atoms with Crippen molar-refractivity contribution in [3.05, 3.63) is 63.9 Å². The van der Waals surface area contributed by atoms with E-state index in [2.05, 4.69) is 10.2 Å². The molecule has 1 heterocycles. The number of fused-ring (bicyclic) bond motifs is 1. The number of hydrogen-bond donors (Lipinski definition) is 0. The number of allylic oxidation sites excluding steroid dienone is 2. The van der Waals surface area contributed by atoms with Crippen molar-refractivity contribution < 1.29 is 14.3 Å². The Kier molecular flexibility index (Phi) is 3.78. The van der Waals surface area contributed by atoms with E-state index in [0.29, 0.717) is 33.8 Å². The molecule has 0 unspecified atom stereocenters. The molecule has 116 valence electrons. The van der Waals surface area contributed by atoms with Gasteiger partial charge in [0.15, 0.2) is 11.6 Å². The Morgan fingerprint density at radius 2 is 1.65 bits per heavy atom. The van der Waals surface area contributed by atoms with Gasteiger partial charge in [0.25, 0.3) is 0 Å². The summed E-state index contributed by atoms with van der Waals surface area (Å²) < 4.78 is 5.09. The fourth-order valence-corrected chi connectivity index (χ4v) is 2.76. The standard InChI is InChI=1S/C18H16N2O3/c1-10-8-12(19-20-18(10)23-3)9-15-11(2)16(21)13-6-4-5-7-14(13)17(15)22/h4-8H,9H2,1-3H3. The number of methoxy groups -OCH3 is 1. The Balaban J connectivity index is 2.00. The normalized spacial score (nSPS) is 14.0. The molecule has 0 fully saturated rings. The summed E-state index contributed by atoms with van der Waals surface area (Å²) in [5.74, 6) is 0.234. The third-order valence-electron chi connectivity index (χ3n) is 4.02. The maximum Gasteiger partial charge on any atom is 0.236 e. The van der Waals surface area contributed by atoms with Gasteiger partial charge in [-0.25, -0.2) is 0 Å². The Bertz CT molecular complexity index is 853. The zero-order valence-electron chi connectivity index (χ0n) is 13.2. The monoisotopic (exact) mass is 308 g/mol. The van der Waals surface area contributed by atoms with Crippen molar-refractivity contribution in [2.75, 3.05) is 7.11 Å². The highest BCUT2D eigenvalue weighted by Crippen LogP contribution is 2.28. The van der Waals surface area contributed by atoms with Crippen LogP contribution in [0.4, 0.5) is 0 Å². The molecule has 0 radical (unpaired) electrons. The Labute approximate surface area is 134 Å². The third kappa shape index (κ3) is 2.54. The summed E-state index contributed by atoms with van der Waals surface area (Å²) in [5, 5.41) is 8.07. The molecule has 1 aliphatic rings. The second-order valence-corrected chi connectivity index (χ2v) is 5.51. The number of Topliss-reactive ketones (excluding diaryl/α,β-unsaturated/α-hetero) is 2. The molecule has 0 bridgehead atoms. The molecule has 1 aromatic heterocycles. The molecule has 1 aliphatic carbocycles. The summed E-state index contributed by atoms with van der Waals surface area (Å²) in [5.41, 5.74) is 3.35. The summed E-state index contributed by atoms with van der Waals surface area (Å²) in [6.45, 7) is 3.55. The highest BCUT2D eigenvalue weighted by molar-refractivity contribution is 6.26. The van der Waals surface area contributed by atoms with Gasteiger partial charge in [0.05, 0.1) is 12.8 Å². The molecule has 2 aromatic rings. The summed E-state index contributed by atoms with van der Waals surface area (Å²) in [4.78, 5) is 25.2. The molecule has 3 rings (SSSR count). The van der Waals surface area contributed by atoms with Gasteiger partial charge in [-0.05, 0) is 19.9 Å². The molecule has 1 aromatic carbocycles. The number of aryl methyl sites for hydroxylation is 1. The van der Waals surface area contributed by atoms with Crippen LogP contribution in [0.2, 0.25) is 0 Å². The predicted octanol–water partition coefficient (Wildman–Crippen LogP) is 2.73. The zero-order valence-corrected chi connectivity index (χ0v) is 13.2. The first-order valence-electron chi connectivity index (χ1n) is 7.28. The van der Waals surface area contributed by atoms with Crippen molar-refractivity contribution >= 4 is 11.6 Å². The van der Waals surface area contributed by atoms with Crippen LogP contribution in [0.3, 0.4) is 0 Å². The molecule has 0 aliphatic heterocycles. The fraction of sp³-hybridized carbons (Fsp3) is 0.222. The number of hydrogen-bond acceptors (Lipinski definition) is 5. The smallest absolute Gasteiger partial charge is 0.236 e. The van der Waals surface area contributed by atoms with Crippen LogP contribution in [0.15, 0.2) is 41.5 Å². The molecule has 0 saturated heterocycles. The average Bonchev–Trinajstić information content (AvgIpc) is 2.57. The van der Waals surface area contributed by atoms with Crippen molar-refractivity contribution in [2.45, 2.75) is 20.3 Å². The number of rotatable bonds is 3. The van der Waals surface area contributed by atoms with Gasteiger partial charge in [-0.15, -0.1) is 5.10 Å². The number of ketones is 2. The summed E-state index contributed by atoms with van der Waals surface area (Å²) in [7, 11) is 1.53. The minimum absolute atomic E-state index is 0.103. The summed E-state index contributed by atoms with van der Waals surface area (Å²) in [6.07, 6.45) is 0.280. The van der Waals surface area contributed by atoms with E-state index in [-0.39, 0.29) is 18.0 Å². The van der Waals surface area contributed by atoms with Gasteiger partial charge < -0.3 is 4.74 Å². The van der Waals surface area contributed by atoms with Crippen LogP contribution in [0.1, 0.15) is 38.9 Å². The maximum absolute atomic E-state index is 12.7. The number of nitrogens with zero attached hydrogens (tertiary/aromatic N) is 2. The van der Waals surface area contributed by atoms with E-state index in [1.807, 2.05) is 13.0 Å². The van der Waals surface area contributed by atoms with E-state index in [9.17, 15) is 9.59 Å². The van der Waals surface area contributed by atoms with Crippen molar-refractivity contribution in [1.82, 2.24) is 10.2 Å². The van der Waals surface area contributed by atoms with E-state index in [1.165, 1.54) is 7.11 Å². The second-order valence-electron chi connectivity index (χ2n) is 5.51. The van der Waals surface area contributed by atoms with E-state index in [4.69, 9.17) is 4.74 Å². The van der Waals surface area contributed by atoms with E-state index >= 15 is 0 Å². The third-order valence-corrected chi connectivity index (χ3v) is 4.02. The Morgan fingerprint density at radius 1 is 1.00 bits per heavy atom. The lowest BCUT2D eigenvalue weighted by Crippen LogP contribution is -2.22. The van der Waals surface area contributed by atoms with Crippen LogP contribution in [0.5, 0.6) is 5.88 Å². The molecule has 0 N–H and O–H groups in total. The van der Waals surface area contributed by atoms with Gasteiger partial charge >= 0.3 is 0 Å². The number of ether oxygens (including phenoxy) is 1. The Morgan fingerprint density at radius 3 is 2.26 bits per heavy atom. The number of carbonyl (C=O) groups excluding carboxylic acids is 2. The minimum Gasteiger partial charge on any atom is -0.480 e. The lowest BCUT2D eigenvalue weighted by molar-refractivity contribution is 0.0973. The van der Waals surface area contributed by atoms with Gasteiger partial charge in [0.2, 0.25) is 5.88 Å². The molecular formula is C18H16N2O3. The highest BCUT2D eigenvalue weighted by Gasteiger charge is 2.29. The lowest BCUT2D eigenvalue weighted by Gasteiger charge is -2.18. The highest BCUT2D eigenvalue weighted by atomic mass is 16.5. The topological polar surface area (TPSA) is 69.2 Å². The first-order chi connectivity index (χ1) is 11.0. The van der Waals surface area contributed by atoms with Crippen molar-refractivity contribution in [3.8, 4) is 5.88 Å². The first kappa shape index (κ1) is 15.1. The second kappa shape index (κ2) is 5.76. The molecule has 0 amide bonds. The zero-order chi connectivity index (χ0) is 16.6. The van der Waals surface area contributed by atoms with Gasteiger partial charge in [0.1, 0.15) is 0 Å². The molecule has 0 atom stereocenters. The number of benzene rings is 1. The average molecular weight is 308 g/mol. The predicted molar refractivity (Wildman–Crippen MR) is 84.8 cm³/mol. The van der Waals surface area contributed by atoms with Crippen LogP contribution >= 0.6 is 0 Å². The molecule has 5 heteroatoms. The van der Waals surface area contributed by atoms with Crippen LogP contribution < -0.4 is 4.74 Å². The molecule has 0 saturated carbocycles. The van der Waals surface area contributed by atoms with E-state index < -0.39 is 0 Å². The van der Waals surface area contributed by atoms with Crippen molar-refractivity contribution in [2.24, 2.45) is 0 Å². The van der Waals surface area contributed by atoms with Crippen LogP contribution in [0.25, 0.3) is 0 Å². The van der Waals surface area contributed by atoms with Gasteiger partial charge in [0, 0.05) is 34.3 Å². The molecule has 23 heavy (non-hydrogen) atoms. The van der Waals surface area contributed by atoms with Crippen LogP contribution in [-0.4, -0.2) is 28.9 Å². The minimum atomic E-state index is -0.118. The first-order valence-corrected chi connectivity index (χ1v) is 7.28. The number of carbonyl (C=O) groups is 2. The van der Waals surface area contributed by atoms with Crippen molar-refractivity contribution in [3.63, 3.8) is 0 Å². The largest absolute Gasteiger partial charge is 0.480 e. The lowest BCUT2D eigenvalue weighted by atomic mass is 9.83. The number of aromatic nitrogens is 2. The fourth-order valence-electron chi connectivity index (χ4n) is 2.76. The quantitative estimate of drug-likeness (QED) is 0.872. The van der Waals surface area contributed by atoms with Crippen LogP contribution in [-0.2, 0) is 6.42 Å². The van der Waals surface area contributed by atoms with Crippen LogP contribution in [0, 0.1) is 6.92 Å². The van der Waals surface area contributed by atoms with Gasteiger partial charge in [-0.2, -0.15) is 5.10 Å². The molecule has 0 spiro atoms. The van der Waals surface area contributed by atoms with Gasteiger partial charge in [-0.3, -0.25) is 9.59 Å². The summed E-state index contributed by atoms with van der Waals surface area (Å²) in [6, 6.07) is 8.73. The Hall–Kier alpha value is -2.82. The van der Waals surface area contributed by atoms with E-state index in [0.717, 1.165) is 5.56 Å². The maximum atomic E-state index is 12.7. The molecule has 5 nitrogen and oxygen atoms in total. The molecular weight excluding hydrogens is 292 g/mol.